The summed E-state index contributed by atoms with van der Waals surface area (Å²) in [6.07, 6.45) is -0.457. The summed E-state index contributed by atoms with van der Waals surface area (Å²) >= 11 is 31.0. The number of nitrogens with one attached hydrogen (secondary N) is 1. The minimum absolute atomic E-state index is 0.0181. The molecule has 35 heavy (non-hydrogen) atoms. The molecule has 11 heteroatoms. The predicted molar refractivity (Wildman–Crippen MR) is 136 cm³/mol. The maximum Gasteiger partial charge on any atom is 0.231 e. The first-order valence-corrected chi connectivity index (χ1v) is 12.0. The van der Waals surface area contributed by atoms with Crippen LogP contribution in [0.4, 0.5) is 20.2 Å². The summed E-state index contributed by atoms with van der Waals surface area (Å²) in [6, 6.07) is 10.6. The number of Topliss-reactive ketones (excluding diaryl/α,β-unsaturated/α-hetero) is 1. The maximum atomic E-state index is 14.1. The van der Waals surface area contributed by atoms with Crippen LogP contribution in [0.5, 0.6) is 0 Å². The molecule has 3 aromatic carbocycles. The number of ketones is 1. The van der Waals surface area contributed by atoms with Gasteiger partial charge in [0.2, 0.25) is 5.91 Å². The SMILES string of the molecule is Nc1cc(F)cc(F)c1CC(=O)c1cc(NC(=O)[C@H]2[C@H](c3cc(Cl)cc(Cl)c3)C2(Cl)Cl)ccc1Cl. The molecule has 0 heterocycles. The topological polar surface area (TPSA) is 72.2 Å². The second-order valence-corrected chi connectivity index (χ2v) is 10.8. The van der Waals surface area contributed by atoms with Crippen LogP contribution in [0, 0.1) is 17.6 Å². The van der Waals surface area contributed by atoms with Crippen molar-refractivity contribution in [3.63, 3.8) is 0 Å². The highest BCUT2D eigenvalue weighted by Gasteiger charge is 2.67. The Bertz CT molecular complexity index is 1320. The molecule has 0 spiro atoms. The molecule has 4 nitrogen and oxygen atoms in total. The van der Waals surface area contributed by atoms with E-state index in [-0.39, 0.29) is 27.5 Å². The molecule has 0 saturated heterocycles. The Morgan fingerprint density at radius 3 is 2.26 bits per heavy atom. The van der Waals surface area contributed by atoms with Crippen molar-refractivity contribution in [3.05, 3.63) is 91.9 Å². The third kappa shape index (κ3) is 5.37. The highest BCUT2D eigenvalue weighted by atomic mass is 35.5. The molecule has 1 saturated carbocycles. The minimum Gasteiger partial charge on any atom is -0.398 e. The van der Waals surface area contributed by atoms with Gasteiger partial charge in [-0.05, 0) is 48.0 Å². The van der Waals surface area contributed by atoms with Crippen LogP contribution in [0.3, 0.4) is 0 Å². The van der Waals surface area contributed by atoms with Crippen LogP contribution in [0.1, 0.15) is 27.4 Å². The molecular formula is C24H15Cl5F2N2O2. The highest BCUT2D eigenvalue weighted by Crippen LogP contribution is 2.65. The molecule has 0 radical (unpaired) electrons. The molecule has 3 aromatic rings. The van der Waals surface area contributed by atoms with E-state index in [2.05, 4.69) is 5.32 Å². The van der Waals surface area contributed by atoms with Gasteiger partial charge in [-0.15, -0.1) is 23.2 Å². The van der Waals surface area contributed by atoms with Gasteiger partial charge in [0.05, 0.1) is 10.9 Å². The van der Waals surface area contributed by atoms with Crippen molar-refractivity contribution in [1.82, 2.24) is 0 Å². The Morgan fingerprint density at radius 1 is 0.971 bits per heavy atom. The fourth-order valence-electron chi connectivity index (χ4n) is 3.92. The van der Waals surface area contributed by atoms with E-state index in [1.807, 2.05) is 0 Å². The quantitative estimate of drug-likeness (QED) is 0.181. The highest BCUT2D eigenvalue weighted by molar-refractivity contribution is 6.53. The number of halogens is 7. The number of hydrogen-bond donors (Lipinski definition) is 2. The van der Waals surface area contributed by atoms with E-state index in [0.29, 0.717) is 21.7 Å². The monoisotopic (exact) mass is 576 g/mol. The fourth-order valence-corrected chi connectivity index (χ4v) is 5.52. The van der Waals surface area contributed by atoms with Crippen LogP contribution in [0.2, 0.25) is 15.1 Å². The lowest BCUT2D eigenvalue weighted by Gasteiger charge is -2.11. The van der Waals surface area contributed by atoms with E-state index in [9.17, 15) is 18.4 Å². The van der Waals surface area contributed by atoms with Crippen molar-refractivity contribution < 1.29 is 18.4 Å². The molecule has 1 aliphatic carbocycles. The molecule has 182 valence electrons. The second kappa shape index (κ2) is 9.75. The molecule has 0 aromatic heterocycles. The van der Waals surface area contributed by atoms with Gasteiger partial charge in [-0.1, -0.05) is 34.8 Å². The Labute approximate surface area is 224 Å². The van der Waals surface area contributed by atoms with Crippen molar-refractivity contribution >= 4 is 81.1 Å². The normalized spacial score (nSPS) is 18.3. The van der Waals surface area contributed by atoms with E-state index in [0.717, 1.165) is 6.07 Å². The number of carbonyl (C=O) groups excluding carboxylic acids is 2. The van der Waals surface area contributed by atoms with Gasteiger partial charge in [-0.2, -0.15) is 0 Å². The summed E-state index contributed by atoms with van der Waals surface area (Å²) in [5.41, 5.74) is 6.18. The lowest BCUT2D eigenvalue weighted by Crippen LogP contribution is -2.17. The number of benzene rings is 3. The van der Waals surface area contributed by atoms with Crippen LogP contribution >= 0.6 is 58.0 Å². The van der Waals surface area contributed by atoms with E-state index in [1.165, 1.54) is 18.2 Å². The maximum absolute atomic E-state index is 14.1. The molecule has 3 N–H and O–H groups in total. The van der Waals surface area contributed by atoms with Crippen molar-refractivity contribution in [1.29, 1.82) is 0 Å². The van der Waals surface area contributed by atoms with Gasteiger partial charge in [-0.25, -0.2) is 8.78 Å². The summed E-state index contributed by atoms with van der Waals surface area (Å²) in [7, 11) is 0. The first-order chi connectivity index (χ1) is 16.4. The molecular weight excluding hydrogens is 564 g/mol. The number of nitrogens with two attached hydrogens (primary N) is 1. The van der Waals surface area contributed by atoms with E-state index >= 15 is 0 Å². The van der Waals surface area contributed by atoms with Gasteiger partial charge < -0.3 is 11.1 Å². The van der Waals surface area contributed by atoms with E-state index in [4.69, 9.17) is 63.7 Å². The molecule has 0 unspecified atom stereocenters. The van der Waals surface area contributed by atoms with E-state index < -0.39 is 45.9 Å². The number of rotatable bonds is 6. The minimum atomic E-state index is -1.39. The van der Waals surface area contributed by atoms with Crippen LogP contribution in [0.25, 0.3) is 0 Å². The number of anilines is 2. The summed E-state index contributed by atoms with van der Waals surface area (Å²) in [5, 5.41) is 3.50. The fraction of sp³-hybridized carbons (Fsp3) is 0.167. The third-order valence-electron chi connectivity index (χ3n) is 5.65. The van der Waals surface area contributed by atoms with Crippen LogP contribution in [0.15, 0.2) is 48.5 Å². The van der Waals surface area contributed by atoms with Crippen LogP contribution in [-0.4, -0.2) is 16.0 Å². The molecule has 0 aliphatic heterocycles. The van der Waals surface area contributed by atoms with Crippen molar-refractivity contribution in [3.8, 4) is 0 Å². The largest absolute Gasteiger partial charge is 0.398 e. The zero-order valence-corrected chi connectivity index (χ0v) is 21.3. The molecule has 2 atom stereocenters. The average molecular weight is 579 g/mol. The molecule has 1 amide bonds. The number of hydrogen-bond acceptors (Lipinski definition) is 3. The Morgan fingerprint density at radius 2 is 1.63 bits per heavy atom. The number of amides is 1. The Balaban J connectivity index is 1.53. The Hall–Kier alpha value is -2.09. The smallest absolute Gasteiger partial charge is 0.231 e. The van der Waals surface area contributed by atoms with E-state index in [1.54, 1.807) is 18.2 Å². The standard InChI is InChI=1S/C24H15Cl5F2N2O2/c25-11-3-10(4-12(26)5-11)21-22(24(21,28)29)23(35)33-14-1-2-17(27)15(8-14)20(34)9-16-18(31)6-13(30)7-19(16)32/h1-8,21-22H,9,32H2,(H,33,35)/t21-,22+/m0/s1. The molecule has 1 aliphatic rings. The first-order valence-electron chi connectivity index (χ1n) is 10.1. The molecule has 0 bridgehead atoms. The zero-order chi connectivity index (χ0) is 25.7. The summed E-state index contributed by atoms with van der Waals surface area (Å²) in [4.78, 5) is 25.8. The summed E-state index contributed by atoms with van der Waals surface area (Å²) in [5.74, 6) is -4.25. The van der Waals surface area contributed by atoms with Crippen LogP contribution < -0.4 is 11.1 Å². The van der Waals surface area contributed by atoms with Gasteiger partial charge >= 0.3 is 0 Å². The number of nitrogen functional groups attached to an aromatic ring is 1. The van der Waals surface area contributed by atoms with Gasteiger partial charge in [0, 0.05) is 51.0 Å². The lowest BCUT2D eigenvalue weighted by molar-refractivity contribution is -0.117. The van der Waals surface area contributed by atoms with Crippen molar-refractivity contribution in [2.24, 2.45) is 5.92 Å². The van der Waals surface area contributed by atoms with Gasteiger partial charge in [0.1, 0.15) is 16.0 Å². The number of carbonyl (C=O) groups is 2. The van der Waals surface area contributed by atoms with Crippen LogP contribution in [-0.2, 0) is 11.2 Å². The van der Waals surface area contributed by atoms with Gasteiger partial charge in [-0.3, -0.25) is 9.59 Å². The summed E-state index contributed by atoms with van der Waals surface area (Å²) in [6.45, 7) is 0. The van der Waals surface area contributed by atoms with Crippen molar-refractivity contribution in [2.75, 3.05) is 11.1 Å². The van der Waals surface area contributed by atoms with Crippen molar-refractivity contribution in [2.45, 2.75) is 16.7 Å². The third-order valence-corrected chi connectivity index (χ3v) is 7.35. The first kappa shape index (κ1) is 26.0. The predicted octanol–water partition coefficient (Wildman–Crippen LogP) is 7.46. The van der Waals surface area contributed by atoms with Gasteiger partial charge in [0.25, 0.3) is 0 Å². The second-order valence-electron chi connectivity index (χ2n) is 8.07. The molecule has 1 fully saturated rings. The Kier molecular flexibility index (Phi) is 7.24. The van der Waals surface area contributed by atoms with Gasteiger partial charge in [0.15, 0.2) is 5.78 Å². The average Bonchev–Trinajstić information content (AvgIpc) is 3.33. The lowest BCUT2D eigenvalue weighted by atomic mass is 10.0. The summed E-state index contributed by atoms with van der Waals surface area (Å²) < 4.78 is 26.1. The zero-order valence-electron chi connectivity index (χ0n) is 17.5. The number of alkyl halides is 2. The molecule has 4 rings (SSSR count).